The number of carbonyl (C=O) groups excluding carboxylic acids is 1. The van der Waals surface area contributed by atoms with Crippen LogP contribution in [0, 0.1) is 0 Å². The van der Waals surface area contributed by atoms with Gasteiger partial charge in [0.2, 0.25) is 5.88 Å². The minimum atomic E-state index is -0.327. The monoisotopic (exact) mass is 273 g/mol. The van der Waals surface area contributed by atoms with E-state index in [1.54, 1.807) is 6.07 Å². The van der Waals surface area contributed by atoms with Gasteiger partial charge in [0, 0.05) is 11.5 Å². The molecule has 0 fully saturated rings. The van der Waals surface area contributed by atoms with Gasteiger partial charge in [0.1, 0.15) is 0 Å². The minimum absolute atomic E-state index is 0.327. The third-order valence-electron chi connectivity index (χ3n) is 2.80. The van der Waals surface area contributed by atoms with Crippen molar-refractivity contribution in [3.63, 3.8) is 0 Å². The molecule has 0 amide bonds. The second kappa shape index (κ2) is 6.89. The Hall–Kier alpha value is -2.10. The molecule has 1 aromatic heterocycles. The van der Waals surface area contributed by atoms with Gasteiger partial charge in [-0.25, -0.2) is 9.78 Å². The van der Waals surface area contributed by atoms with Gasteiger partial charge in [-0.05, 0) is 18.9 Å². The molecule has 1 aromatic carbocycles. The number of nitrogens with zero attached hydrogens (tertiary/aromatic N) is 1. The summed E-state index contributed by atoms with van der Waals surface area (Å²) in [6.45, 7) is 4.99. The fraction of sp³-hybridized carbons (Fsp3) is 0.375. The van der Waals surface area contributed by atoms with Crippen LogP contribution in [-0.2, 0) is 4.74 Å². The molecule has 0 atom stereocenters. The van der Waals surface area contributed by atoms with E-state index >= 15 is 0 Å². The van der Waals surface area contributed by atoms with Crippen molar-refractivity contribution < 1.29 is 14.3 Å². The molecule has 1 heterocycles. The number of ether oxygens (including phenoxy) is 2. The standard InChI is InChI=1S/C16H19NO3/c1-3-9-19-15-11-13(16(18)20-10-4-2)12-7-5-6-8-14(12)17-15/h5-8,11H,3-4,9-10H2,1-2H3. The maximum atomic E-state index is 12.1. The van der Waals surface area contributed by atoms with E-state index in [0.717, 1.165) is 23.7 Å². The molecule has 0 aliphatic carbocycles. The summed E-state index contributed by atoms with van der Waals surface area (Å²) in [5.74, 6) is 0.140. The molecule has 0 aliphatic heterocycles. The topological polar surface area (TPSA) is 48.4 Å². The van der Waals surface area contributed by atoms with Crippen molar-refractivity contribution in [2.45, 2.75) is 26.7 Å². The molecular formula is C16H19NO3. The number of esters is 1. The first-order valence-electron chi connectivity index (χ1n) is 6.96. The van der Waals surface area contributed by atoms with Crippen LogP contribution in [0.4, 0.5) is 0 Å². The SMILES string of the molecule is CCCOC(=O)c1cc(OCCC)nc2ccccc12. The molecule has 0 bridgehead atoms. The van der Waals surface area contributed by atoms with E-state index in [2.05, 4.69) is 4.98 Å². The lowest BCUT2D eigenvalue weighted by atomic mass is 10.1. The zero-order valence-electron chi connectivity index (χ0n) is 11.9. The predicted molar refractivity (Wildman–Crippen MR) is 78.1 cm³/mol. The lowest BCUT2D eigenvalue weighted by molar-refractivity contribution is 0.0507. The lowest BCUT2D eigenvalue weighted by Crippen LogP contribution is -2.08. The van der Waals surface area contributed by atoms with Crippen molar-refractivity contribution in [2.24, 2.45) is 0 Å². The van der Waals surface area contributed by atoms with Crippen LogP contribution in [0.2, 0.25) is 0 Å². The molecule has 0 saturated heterocycles. The van der Waals surface area contributed by atoms with Crippen molar-refractivity contribution in [1.29, 1.82) is 0 Å². The van der Waals surface area contributed by atoms with Gasteiger partial charge in [-0.15, -0.1) is 0 Å². The Balaban J connectivity index is 2.40. The molecule has 0 N–H and O–H groups in total. The normalized spacial score (nSPS) is 10.5. The first-order valence-corrected chi connectivity index (χ1v) is 6.96. The highest BCUT2D eigenvalue weighted by Gasteiger charge is 2.14. The van der Waals surface area contributed by atoms with E-state index in [0.29, 0.717) is 24.7 Å². The average Bonchev–Trinajstić information content (AvgIpc) is 2.49. The highest BCUT2D eigenvalue weighted by atomic mass is 16.5. The van der Waals surface area contributed by atoms with Gasteiger partial charge in [0.05, 0.1) is 24.3 Å². The third-order valence-corrected chi connectivity index (χ3v) is 2.80. The second-order valence-electron chi connectivity index (χ2n) is 4.51. The summed E-state index contributed by atoms with van der Waals surface area (Å²) in [6, 6.07) is 9.17. The minimum Gasteiger partial charge on any atom is -0.478 e. The Labute approximate surface area is 118 Å². The summed E-state index contributed by atoms with van der Waals surface area (Å²) >= 11 is 0. The fourth-order valence-electron chi connectivity index (χ4n) is 1.87. The van der Waals surface area contributed by atoms with Gasteiger partial charge in [-0.3, -0.25) is 0 Å². The molecule has 0 spiro atoms. The number of para-hydroxylation sites is 1. The van der Waals surface area contributed by atoms with Gasteiger partial charge in [-0.2, -0.15) is 0 Å². The number of pyridine rings is 1. The Morgan fingerprint density at radius 3 is 2.65 bits per heavy atom. The number of fused-ring (bicyclic) bond motifs is 1. The highest BCUT2D eigenvalue weighted by molar-refractivity contribution is 6.03. The van der Waals surface area contributed by atoms with E-state index < -0.39 is 0 Å². The van der Waals surface area contributed by atoms with Gasteiger partial charge in [0.15, 0.2) is 0 Å². The van der Waals surface area contributed by atoms with Crippen LogP contribution in [0.15, 0.2) is 30.3 Å². The number of aromatic nitrogens is 1. The first-order chi connectivity index (χ1) is 9.76. The molecule has 2 rings (SSSR count). The summed E-state index contributed by atoms with van der Waals surface area (Å²) < 4.78 is 10.8. The van der Waals surface area contributed by atoms with Crippen LogP contribution in [0.1, 0.15) is 37.0 Å². The lowest BCUT2D eigenvalue weighted by Gasteiger charge is -2.10. The van der Waals surface area contributed by atoms with Crippen LogP contribution in [-0.4, -0.2) is 24.2 Å². The van der Waals surface area contributed by atoms with Crippen molar-refractivity contribution in [3.8, 4) is 5.88 Å². The van der Waals surface area contributed by atoms with Crippen LogP contribution >= 0.6 is 0 Å². The van der Waals surface area contributed by atoms with Gasteiger partial charge < -0.3 is 9.47 Å². The predicted octanol–water partition coefficient (Wildman–Crippen LogP) is 3.59. The maximum Gasteiger partial charge on any atom is 0.339 e. The van der Waals surface area contributed by atoms with Crippen LogP contribution < -0.4 is 4.74 Å². The Kier molecular flexibility index (Phi) is 4.93. The zero-order chi connectivity index (χ0) is 14.4. The van der Waals surface area contributed by atoms with Crippen LogP contribution in [0.25, 0.3) is 10.9 Å². The molecule has 106 valence electrons. The van der Waals surface area contributed by atoms with Crippen molar-refractivity contribution in [1.82, 2.24) is 4.98 Å². The Morgan fingerprint density at radius 2 is 1.90 bits per heavy atom. The van der Waals surface area contributed by atoms with Crippen LogP contribution in [0.3, 0.4) is 0 Å². The highest BCUT2D eigenvalue weighted by Crippen LogP contribution is 2.23. The summed E-state index contributed by atoms with van der Waals surface area (Å²) in [4.78, 5) is 16.5. The number of rotatable bonds is 6. The van der Waals surface area contributed by atoms with Crippen molar-refractivity contribution in [2.75, 3.05) is 13.2 Å². The fourth-order valence-corrected chi connectivity index (χ4v) is 1.87. The maximum absolute atomic E-state index is 12.1. The quantitative estimate of drug-likeness (QED) is 0.755. The smallest absolute Gasteiger partial charge is 0.339 e. The molecular weight excluding hydrogens is 254 g/mol. The zero-order valence-corrected chi connectivity index (χ0v) is 11.9. The van der Waals surface area contributed by atoms with Crippen LogP contribution in [0.5, 0.6) is 5.88 Å². The van der Waals surface area contributed by atoms with E-state index in [1.165, 1.54) is 0 Å². The molecule has 0 unspecified atom stereocenters. The molecule has 20 heavy (non-hydrogen) atoms. The molecule has 4 nitrogen and oxygen atoms in total. The summed E-state index contributed by atoms with van der Waals surface area (Å²) in [6.07, 6.45) is 1.69. The summed E-state index contributed by atoms with van der Waals surface area (Å²) in [5, 5.41) is 0.789. The summed E-state index contributed by atoms with van der Waals surface area (Å²) in [5.41, 5.74) is 1.25. The molecule has 0 radical (unpaired) electrons. The van der Waals surface area contributed by atoms with Gasteiger partial charge in [-0.1, -0.05) is 32.0 Å². The molecule has 4 heteroatoms. The Morgan fingerprint density at radius 1 is 1.15 bits per heavy atom. The molecule has 2 aromatic rings. The number of hydrogen-bond acceptors (Lipinski definition) is 4. The average molecular weight is 273 g/mol. The van der Waals surface area contributed by atoms with Crippen molar-refractivity contribution >= 4 is 16.9 Å². The second-order valence-corrected chi connectivity index (χ2v) is 4.51. The third kappa shape index (κ3) is 3.26. The summed E-state index contributed by atoms with van der Waals surface area (Å²) in [7, 11) is 0. The van der Waals surface area contributed by atoms with E-state index in [1.807, 2.05) is 38.1 Å². The van der Waals surface area contributed by atoms with Gasteiger partial charge in [0.25, 0.3) is 0 Å². The van der Waals surface area contributed by atoms with Gasteiger partial charge >= 0.3 is 5.97 Å². The Bertz CT molecular complexity index is 595. The first kappa shape index (κ1) is 14.3. The molecule has 0 aliphatic rings. The van der Waals surface area contributed by atoms with E-state index in [9.17, 15) is 4.79 Å². The number of hydrogen-bond donors (Lipinski definition) is 0. The van der Waals surface area contributed by atoms with E-state index in [-0.39, 0.29) is 5.97 Å². The van der Waals surface area contributed by atoms with Crippen molar-refractivity contribution in [3.05, 3.63) is 35.9 Å². The number of benzene rings is 1. The molecule has 0 saturated carbocycles. The van der Waals surface area contributed by atoms with E-state index in [4.69, 9.17) is 9.47 Å². The number of carbonyl (C=O) groups is 1. The largest absolute Gasteiger partial charge is 0.478 e.